The molecule has 0 spiro atoms. The third-order valence-corrected chi connectivity index (χ3v) is 8.46. The fourth-order valence-corrected chi connectivity index (χ4v) is 5.61. The third-order valence-electron chi connectivity index (χ3n) is 7.10. The Morgan fingerprint density at radius 3 is 2.44 bits per heavy atom. The van der Waals surface area contributed by atoms with E-state index in [1.807, 2.05) is 38.1 Å². The fourth-order valence-electron chi connectivity index (χ4n) is 4.55. The number of fused-ring (bicyclic) bond motifs is 1. The van der Waals surface area contributed by atoms with Crippen LogP contribution in [0.25, 0.3) is 21.5 Å². The molecule has 14 heteroatoms. The van der Waals surface area contributed by atoms with E-state index >= 15 is 0 Å². The molecule has 5 rings (SSSR count). The Morgan fingerprint density at radius 2 is 1.76 bits per heavy atom. The van der Waals surface area contributed by atoms with Gasteiger partial charge < -0.3 is 14.5 Å². The number of Topliss-reactive ketones (excluding diaryl/α,β-unsaturated/α-hetero) is 1. The van der Waals surface area contributed by atoms with Gasteiger partial charge in [0.1, 0.15) is 11.6 Å². The molecular formula is C31H31N7O6S. The van der Waals surface area contributed by atoms with Crippen LogP contribution >= 0.6 is 11.3 Å². The summed E-state index contributed by atoms with van der Waals surface area (Å²) in [7, 11) is 1.15. The molecule has 1 atom stereocenters. The molecule has 0 saturated carbocycles. The zero-order chi connectivity index (χ0) is 32.3. The van der Waals surface area contributed by atoms with Crippen molar-refractivity contribution in [3.05, 3.63) is 87.9 Å². The predicted octanol–water partition coefficient (Wildman–Crippen LogP) is 4.43. The molecule has 2 N–H and O–H groups in total. The first-order valence-electron chi connectivity index (χ1n) is 14.0. The lowest BCUT2D eigenvalue weighted by molar-refractivity contribution is -0.122. The average molecular weight is 630 g/mol. The first kappa shape index (κ1) is 31.2. The highest BCUT2D eigenvalue weighted by molar-refractivity contribution is 7.18. The SMILES string of the molecule is COC(=O)Nc1ncc(-c2ccccc2)n(CC(=O)N[C@@H](C(=O)c2nnc(C(C)(C)c3nc4ccccc4s3)o2)C(C)C)c1=O. The van der Waals surface area contributed by atoms with E-state index in [4.69, 9.17) is 9.40 Å². The van der Waals surface area contributed by atoms with Crippen molar-refractivity contribution in [2.45, 2.75) is 45.7 Å². The second-order valence-electron chi connectivity index (χ2n) is 11.0. The van der Waals surface area contributed by atoms with Gasteiger partial charge in [0.25, 0.3) is 11.4 Å². The van der Waals surface area contributed by atoms with E-state index < -0.39 is 41.3 Å². The van der Waals surface area contributed by atoms with Crippen LogP contribution in [0.5, 0.6) is 0 Å². The highest BCUT2D eigenvalue weighted by Crippen LogP contribution is 2.36. The lowest BCUT2D eigenvalue weighted by Crippen LogP contribution is -2.46. The minimum Gasteiger partial charge on any atom is -0.453 e. The Morgan fingerprint density at radius 1 is 1.04 bits per heavy atom. The molecule has 3 heterocycles. The van der Waals surface area contributed by atoms with Gasteiger partial charge in [-0.15, -0.1) is 21.5 Å². The monoisotopic (exact) mass is 629 g/mol. The summed E-state index contributed by atoms with van der Waals surface area (Å²) in [4.78, 5) is 60.9. The summed E-state index contributed by atoms with van der Waals surface area (Å²) in [5.41, 5.74) is 0.282. The summed E-state index contributed by atoms with van der Waals surface area (Å²) in [6.45, 7) is 6.81. The van der Waals surface area contributed by atoms with Gasteiger partial charge in [-0.1, -0.05) is 56.3 Å². The number of benzene rings is 2. The maximum Gasteiger partial charge on any atom is 0.412 e. The summed E-state index contributed by atoms with van der Waals surface area (Å²) >= 11 is 1.50. The molecule has 232 valence electrons. The van der Waals surface area contributed by atoms with E-state index in [1.54, 1.807) is 44.2 Å². The zero-order valence-electron chi connectivity index (χ0n) is 25.2. The maximum absolute atomic E-state index is 13.6. The van der Waals surface area contributed by atoms with E-state index in [2.05, 4.69) is 30.6 Å². The number of ketones is 1. The van der Waals surface area contributed by atoms with Crippen LogP contribution in [-0.2, 0) is 21.5 Å². The van der Waals surface area contributed by atoms with Crippen LogP contribution in [0.4, 0.5) is 10.6 Å². The third kappa shape index (κ3) is 6.50. The molecule has 13 nitrogen and oxygen atoms in total. The van der Waals surface area contributed by atoms with Crippen LogP contribution in [0.3, 0.4) is 0 Å². The summed E-state index contributed by atoms with van der Waals surface area (Å²) in [5.74, 6) is -1.94. The van der Waals surface area contributed by atoms with E-state index in [1.165, 1.54) is 17.5 Å². The van der Waals surface area contributed by atoms with Crippen LogP contribution in [0.15, 0.2) is 70.0 Å². The molecule has 3 aromatic heterocycles. The molecule has 0 aliphatic rings. The number of para-hydroxylation sites is 1. The van der Waals surface area contributed by atoms with Crippen molar-refractivity contribution in [3.8, 4) is 11.3 Å². The highest BCUT2D eigenvalue weighted by Gasteiger charge is 2.36. The van der Waals surface area contributed by atoms with Gasteiger partial charge in [0.05, 0.1) is 40.7 Å². The van der Waals surface area contributed by atoms with Gasteiger partial charge in [-0.05, 0) is 37.5 Å². The first-order valence-corrected chi connectivity index (χ1v) is 14.8. The highest BCUT2D eigenvalue weighted by atomic mass is 32.1. The van der Waals surface area contributed by atoms with Gasteiger partial charge in [-0.2, -0.15) is 0 Å². The Balaban J connectivity index is 1.39. The lowest BCUT2D eigenvalue weighted by Gasteiger charge is -2.21. The normalized spacial score (nSPS) is 12.2. The van der Waals surface area contributed by atoms with E-state index in [0.29, 0.717) is 11.3 Å². The van der Waals surface area contributed by atoms with Crippen molar-refractivity contribution >= 4 is 45.2 Å². The Hall–Kier alpha value is -5.24. The number of aromatic nitrogens is 5. The molecule has 0 unspecified atom stereocenters. The smallest absolute Gasteiger partial charge is 0.412 e. The van der Waals surface area contributed by atoms with Gasteiger partial charge >= 0.3 is 6.09 Å². The van der Waals surface area contributed by atoms with Crippen molar-refractivity contribution in [1.82, 2.24) is 30.0 Å². The molecular weight excluding hydrogens is 598 g/mol. The Bertz CT molecular complexity index is 1900. The molecule has 0 aliphatic carbocycles. The largest absolute Gasteiger partial charge is 0.453 e. The average Bonchev–Trinajstić information content (AvgIpc) is 3.71. The minimum atomic E-state index is -1.04. The molecule has 0 fully saturated rings. The van der Waals surface area contributed by atoms with Crippen molar-refractivity contribution in [2.75, 3.05) is 12.4 Å². The number of nitrogens with one attached hydrogen (secondary N) is 2. The number of rotatable bonds is 10. The molecule has 0 bridgehead atoms. The van der Waals surface area contributed by atoms with E-state index in [9.17, 15) is 19.2 Å². The Kier molecular flexibility index (Phi) is 8.86. The standard InChI is InChI=1S/C31H31N7O6S/c1-17(2)23(24(40)26-36-37-28(44-26)31(3,4)29-33-19-13-9-10-14-21(19)45-29)34-22(39)16-38-20(18-11-7-6-8-12-18)15-32-25(27(38)41)35-30(42)43-5/h6-15,17,23H,16H2,1-5H3,(H,34,39)(H,32,35,42)/t23-/m1/s1. The van der Waals surface area contributed by atoms with Gasteiger partial charge in [0, 0.05) is 0 Å². The minimum absolute atomic E-state index is 0.209. The summed E-state index contributed by atoms with van der Waals surface area (Å²) in [5, 5.41) is 13.9. The molecule has 0 saturated heterocycles. The second kappa shape index (κ2) is 12.8. The number of anilines is 1. The number of thiazole rings is 1. The van der Waals surface area contributed by atoms with Crippen LogP contribution in [0, 0.1) is 5.92 Å². The zero-order valence-corrected chi connectivity index (χ0v) is 26.0. The number of hydrogen-bond donors (Lipinski definition) is 2. The first-order chi connectivity index (χ1) is 21.5. The van der Waals surface area contributed by atoms with Gasteiger partial charge in [0.2, 0.25) is 23.4 Å². The van der Waals surface area contributed by atoms with Crippen LogP contribution in [0.2, 0.25) is 0 Å². The van der Waals surface area contributed by atoms with E-state index in [0.717, 1.165) is 26.9 Å². The molecule has 0 radical (unpaired) electrons. The number of ether oxygens (including phenoxy) is 1. The number of hydrogen-bond acceptors (Lipinski definition) is 11. The molecule has 2 aromatic carbocycles. The molecule has 2 amide bonds. The number of carbonyl (C=O) groups is 3. The summed E-state index contributed by atoms with van der Waals surface area (Å²) in [6.07, 6.45) is 0.479. The second-order valence-corrected chi connectivity index (χ2v) is 12.1. The summed E-state index contributed by atoms with van der Waals surface area (Å²) < 4.78 is 12.6. The van der Waals surface area contributed by atoms with Crippen molar-refractivity contribution < 1.29 is 23.5 Å². The van der Waals surface area contributed by atoms with Crippen LogP contribution in [-0.4, -0.2) is 55.7 Å². The fraction of sp³-hybridized carbons (Fsp3) is 0.290. The number of methoxy groups -OCH3 is 1. The number of amides is 2. The quantitative estimate of drug-likeness (QED) is 0.211. The predicted molar refractivity (Wildman–Crippen MR) is 167 cm³/mol. The van der Waals surface area contributed by atoms with E-state index in [-0.39, 0.29) is 23.5 Å². The van der Waals surface area contributed by atoms with Crippen molar-refractivity contribution in [3.63, 3.8) is 0 Å². The van der Waals surface area contributed by atoms with Crippen molar-refractivity contribution in [1.29, 1.82) is 0 Å². The molecule has 45 heavy (non-hydrogen) atoms. The number of carbonyl (C=O) groups excluding carboxylic acids is 3. The maximum atomic E-state index is 13.6. The van der Waals surface area contributed by atoms with Gasteiger partial charge in [-0.25, -0.2) is 14.8 Å². The summed E-state index contributed by atoms with van der Waals surface area (Å²) in [6, 6.07) is 15.6. The number of nitrogens with zero attached hydrogens (tertiary/aromatic N) is 5. The topological polar surface area (TPSA) is 171 Å². The molecule has 0 aliphatic heterocycles. The van der Waals surface area contributed by atoms with Gasteiger partial charge in [0.15, 0.2) is 0 Å². The van der Waals surface area contributed by atoms with Crippen LogP contribution < -0.4 is 16.2 Å². The van der Waals surface area contributed by atoms with Crippen LogP contribution in [0.1, 0.15) is 49.3 Å². The van der Waals surface area contributed by atoms with Crippen molar-refractivity contribution in [2.24, 2.45) is 5.92 Å². The van der Waals surface area contributed by atoms with Gasteiger partial charge in [-0.3, -0.25) is 24.3 Å². The molecule has 5 aromatic rings. The Labute approximate surface area is 261 Å². The lowest BCUT2D eigenvalue weighted by atomic mass is 9.94.